The molecule has 0 spiro atoms. The van der Waals surface area contributed by atoms with E-state index in [1.54, 1.807) is 11.3 Å². The van der Waals surface area contributed by atoms with Gasteiger partial charge in [-0.25, -0.2) is 4.98 Å². The summed E-state index contributed by atoms with van der Waals surface area (Å²) in [5, 5.41) is 3.50. The first-order chi connectivity index (χ1) is 6.92. The second-order valence-corrected chi connectivity index (χ2v) is 5.37. The third-order valence-electron chi connectivity index (χ3n) is 2.34. The summed E-state index contributed by atoms with van der Waals surface area (Å²) in [6.07, 6.45) is 0. The number of thiazole rings is 1. The molecule has 2 heterocycles. The van der Waals surface area contributed by atoms with Crippen molar-refractivity contribution in [2.45, 2.75) is 6.04 Å². The summed E-state index contributed by atoms with van der Waals surface area (Å²) in [6.45, 7) is 0. The minimum atomic E-state index is 0.663. The topological polar surface area (TPSA) is 24.9 Å². The van der Waals surface area contributed by atoms with Gasteiger partial charge in [-0.1, -0.05) is 0 Å². The van der Waals surface area contributed by atoms with E-state index in [4.69, 9.17) is 0 Å². The summed E-state index contributed by atoms with van der Waals surface area (Å²) in [7, 11) is 0. The lowest BCUT2D eigenvalue weighted by Gasteiger charge is -2.26. The fourth-order valence-corrected chi connectivity index (χ4v) is 2.80. The van der Waals surface area contributed by atoms with E-state index < -0.39 is 0 Å². The molecule has 1 saturated heterocycles. The maximum atomic E-state index is 4.30. The highest BCUT2D eigenvalue weighted by atomic mass is 32.2. The molecule has 2 aromatic rings. The van der Waals surface area contributed by atoms with E-state index in [2.05, 4.69) is 28.5 Å². The number of aromatic nitrogens is 1. The third-order valence-corrected chi connectivity index (χ3v) is 4.43. The van der Waals surface area contributed by atoms with E-state index in [1.165, 1.54) is 21.9 Å². The van der Waals surface area contributed by atoms with Gasteiger partial charge in [0.2, 0.25) is 0 Å². The molecule has 0 amide bonds. The zero-order valence-corrected chi connectivity index (χ0v) is 9.20. The van der Waals surface area contributed by atoms with Crippen molar-refractivity contribution >= 4 is 39.0 Å². The van der Waals surface area contributed by atoms with E-state index in [0.717, 1.165) is 5.52 Å². The Balaban J connectivity index is 1.88. The number of benzene rings is 1. The van der Waals surface area contributed by atoms with Crippen LogP contribution in [0.15, 0.2) is 23.7 Å². The van der Waals surface area contributed by atoms with Crippen LogP contribution in [0.5, 0.6) is 0 Å². The minimum absolute atomic E-state index is 0.663. The Labute approximate surface area is 90.7 Å². The molecule has 1 aliphatic rings. The summed E-state index contributed by atoms with van der Waals surface area (Å²) in [6, 6.07) is 7.08. The molecule has 0 atom stereocenters. The van der Waals surface area contributed by atoms with Gasteiger partial charge in [-0.3, -0.25) is 0 Å². The third kappa shape index (κ3) is 1.48. The Hall–Kier alpha value is -0.740. The van der Waals surface area contributed by atoms with Gasteiger partial charge >= 0.3 is 0 Å². The Bertz CT molecular complexity index is 448. The SMILES string of the molecule is c1nc2cc(NC3CSC3)ccc2s1. The quantitative estimate of drug-likeness (QED) is 0.845. The highest BCUT2D eigenvalue weighted by Gasteiger charge is 2.17. The van der Waals surface area contributed by atoms with Gasteiger partial charge in [-0.2, -0.15) is 11.8 Å². The Morgan fingerprint density at radius 2 is 2.29 bits per heavy atom. The molecule has 3 rings (SSSR count). The molecular weight excluding hydrogens is 212 g/mol. The molecular formula is C10H10N2S2. The normalized spacial score (nSPS) is 16.9. The highest BCUT2D eigenvalue weighted by molar-refractivity contribution is 8.00. The number of nitrogens with one attached hydrogen (secondary N) is 1. The maximum Gasteiger partial charge on any atom is 0.0832 e. The second kappa shape index (κ2) is 3.44. The van der Waals surface area contributed by atoms with Crippen LogP contribution in [0.1, 0.15) is 0 Å². The van der Waals surface area contributed by atoms with Crippen molar-refractivity contribution in [2.24, 2.45) is 0 Å². The van der Waals surface area contributed by atoms with Gasteiger partial charge in [0.15, 0.2) is 0 Å². The Kier molecular flexibility index (Phi) is 2.10. The summed E-state index contributed by atoms with van der Waals surface area (Å²) >= 11 is 3.69. The fraction of sp³-hybridized carbons (Fsp3) is 0.300. The van der Waals surface area contributed by atoms with Crippen molar-refractivity contribution in [3.05, 3.63) is 23.7 Å². The number of nitrogens with zero attached hydrogens (tertiary/aromatic N) is 1. The molecule has 14 heavy (non-hydrogen) atoms. The molecule has 0 saturated carbocycles. The molecule has 4 heteroatoms. The Morgan fingerprint density at radius 1 is 1.36 bits per heavy atom. The van der Waals surface area contributed by atoms with Crippen molar-refractivity contribution in [3.8, 4) is 0 Å². The van der Waals surface area contributed by atoms with Crippen LogP contribution in [0.25, 0.3) is 10.2 Å². The summed E-state index contributed by atoms with van der Waals surface area (Å²) in [5.74, 6) is 2.46. The second-order valence-electron chi connectivity index (χ2n) is 3.41. The lowest BCUT2D eigenvalue weighted by atomic mass is 10.2. The van der Waals surface area contributed by atoms with Crippen LogP contribution in [0.4, 0.5) is 5.69 Å². The van der Waals surface area contributed by atoms with Gasteiger partial charge in [0, 0.05) is 23.2 Å². The molecule has 0 unspecified atom stereocenters. The highest BCUT2D eigenvalue weighted by Crippen LogP contribution is 2.25. The number of anilines is 1. The zero-order chi connectivity index (χ0) is 9.38. The van der Waals surface area contributed by atoms with E-state index in [1.807, 2.05) is 17.3 Å². The van der Waals surface area contributed by atoms with Gasteiger partial charge in [-0.05, 0) is 18.2 Å². The molecule has 1 aliphatic heterocycles. The first-order valence-corrected chi connectivity index (χ1v) is 6.63. The van der Waals surface area contributed by atoms with Crippen molar-refractivity contribution < 1.29 is 0 Å². The van der Waals surface area contributed by atoms with Gasteiger partial charge < -0.3 is 5.32 Å². The molecule has 0 radical (unpaired) electrons. The smallest absolute Gasteiger partial charge is 0.0832 e. The van der Waals surface area contributed by atoms with Crippen LogP contribution in [-0.4, -0.2) is 22.5 Å². The molecule has 1 N–H and O–H groups in total. The molecule has 0 aliphatic carbocycles. The van der Waals surface area contributed by atoms with Crippen LogP contribution in [0, 0.1) is 0 Å². The van der Waals surface area contributed by atoms with Crippen LogP contribution in [-0.2, 0) is 0 Å². The molecule has 1 aromatic heterocycles. The summed E-state index contributed by atoms with van der Waals surface area (Å²) in [5.41, 5.74) is 4.20. The average molecular weight is 222 g/mol. The number of rotatable bonds is 2. The minimum Gasteiger partial charge on any atom is -0.381 e. The monoisotopic (exact) mass is 222 g/mol. The van der Waals surface area contributed by atoms with Gasteiger partial charge in [0.25, 0.3) is 0 Å². The van der Waals surface area contributed by atoms with E-state index in [9.17, 15) is 0 Å². The number of hydrogen-bond acceptors (Lipinski definition) is 4. The van der Waals surface area contributed by atoms with Crippen LogP contribution < -0.4 is 5.32 Å². The van der Waals surface area contributed by atoms with E-state index >= 15 is 0 Å². The first kappa shape index (κ1) is 8.56. The van der Waals surface area contributed by atoms with Crippen molar-refractivity contribution in [3.63, 3.8) is 0 Å². The van der Waals surface area contributed by atoms with E-state index in [-0.39, 0.29) is 0 Å². The van der Waals surface area contributed by atoms with Crippen molar-refractivity contribution in [1.82, 2.24) is 4.98 Å². The fourth-order valence-electron chi connectivity index (χ4n) is 1.50. The molecule has 72 valence electrons. The standard InChI is InChI=1S/C10H10N2S2/c1-2-10-9(11-6-14-10)3-7(1)12-8-4-13-5-8/h1-3,6,8,12H,4-5H2. The first-order valence-electron chi connectivity index (χ1n) is 4.59. The predicted octanol–water partition coefficient (Wildman–Crippen LogP) is 2.82. The van der Waals surface area contributed by atoms with Gasteiger partial charge in [0.1, 0.15) is 0 Å². The molecule has 0 bridgehead atoms. The van der Waals surface area contributed by atoms with E-state index in [0.29, 0.717) is 6.04 Å². The molecule has 2 nitrogen and oxygen atoms in total. The summed E-state index contributed by atoms with van der Waals surface area (Å²) < 4.78 is 1.26. The molecule has 1 fully saturated rings. The van der Waals surface area contributed by atoms with Gasteiger partial charge in [-0.15, -0.1) is 11.3 Å². The average Bonchev–Trinajstić information content (AvgIpc) is 2.58. The van der Waals surface area contributed by atoms with Crippen molar-refractivity contribution in [1.29, 1.82) is 0 Å². The number of fused-ring (bicyclic) bond motifs is 1. The van der Waals surface area contributed by atoms with Crippen molar-refractivity contribution in [2.75, 3.05) is 16.8 Å². The predicted molar refractivity (Wildman–Crippen MR) is 64.4 cm³/mol. The Morgan fingerprint density at radius 3 is 3.07 bits per heavy atom. The number of hydrogen-bond donors (Lipinski definition) is 1. The van der Waals surface area contributed by atoms with Crippen LogP contribution >= 0.6 is 23.1 Å². The number of thioether (sulfide) groups is 1. The zero-order valence-electron chi connectivity index (χ0n) is 7.56. The summed E-state index contributed by atoms with van der Waals surface area (Å²) in [4.78, 5) is 4.30. The van der Waals surface area contributed by atoms with Crippen LogP contribution in [0.3, 0.4) is 0 Å². The van der Waals surface area contributed by atoms with Gasteiger partial charge in [0.05, 0.1) is 15.7 Å². The largest absolute Gasteiger partial charge is 0.381 e. The maximum absolute atomic E-state index is 4.30. The lowest BCUT2D eigenvalue weighted by Crippen LogP contribution is -2.33. The molecule has 1 aromatic carbocycles. The lowest BCUT2D eigenvalue weighted by molar-refractivity contribution is 0.883. The van der Waals surface area contributed by atoms with Crippen LogP contribution in [0.2, 0.25) is 0 Å².